The van der Waals surface area contributed by atoms with E-state index in [0.717, 1.165) is 54.2 Å². The Morgan fingerprint density at radius 1 is 1.09 bits per heavy atom. The Morgan fingerprint density at radius 2 is 1.86 bits per heavy atom. The molecule has 2 aliphatic rings. The molecule has 35 heavy (non-hydrogen) atoms. The molecule has 2 fully saturated rings. The van der Waals surface area contributed by atoms with E-state index in [4.69, 9.17) is 14.6 Å². The van der Waals surface area contributed by atoms with Crippen LogP contribution in [0.1, 0.15) is 38.8 Å². The van der Waals surface area contributed by atoms with Crippen LogP contribution in [-0.4, -0.2) is 56.9 Å². The molecule has 0 amide bonds. The number of carbonyl (C=O) groups is 1. The van der Waals surface area contributed by atoms with Gasteiger partial charge in [-0.05, 0) is 63.4 Å². The lowest BCUT2D eigenvalue weighted by Gasteiger charge is -2.22. The quantitative estimate of drug-likeness (QED) is 0.480. The lowest BCUT2D eigenvalue weighted by molar-refractivity contribution is -0.162. The highest BCUT2D eigenvalue weighted by Gasteiger charge is 2.29. The number of aliphatic hydroxyl groups excluding tert-OH is 1. The van der Waals surface area contributed by atoms with Gasteiger partial charge in [-0.25, -0.2) is 9.48 Å². The molecule has 184 valence electrons. The van der Waals surface area contributed by atoms with E-state index in [1.165, 1.54) is 13.8 Å². The summed E-state index contributed by atoms with van der Waals surface area (Å²) in [6.45, 7) is 4.45. The second-order valence-electron chi connectivity index (χ2n) is 9.76. The number of aromatic nitrogens is 2. The number of hydrogen-bond acceptors (Lipinski definition) is 6. The van der Waals surface area contributed by atoms with E-state index in [2.05, 4.69) is 4.90 Å². The molecule has 8 nitrogen and oxygen atoms in total. The van der Waals surface area contributed by atoms with Gasteiger partial charge >= 0.3 is 5.97 Å². The van der Waals surface area contributed by atoms with Crippen LogP contribution in [0.2, 0.25) is 0 Å². The second kappa shape index (κ2) is 9.36. The Hall–Kier alpha value is -3.36. The van der Waals surface area contributed by atoms with Gasteiger partial charge in [-0.1, -0.05) is 24.3 Å². The Labute approximate surface area is 204 Å². The maximum atomic E-state index is 11.5. The Bertz CT molecular complexity index is 1220. The van der Waals surface area contributed by atoms with Crippen LogP contribution in [0.25, 0.3) is 16.9 Å². The molecule has 0 unspecified atom stereocenters. The van der Waals surface area contributed by atoms with Gasteiger partial charge in [-0.15, -0.1) is 0 Å². The number of carboxylic acids is 1. The summed E-state index contributed by atoms with van der Waals surface area (Å²) in [5, 5.41) is 24.4. The third-order valence-corrected chi connectivity index (χ3v) is 6.43. The van der Waals surface area contributed by atoms with Gasteiger partial charge in [0.2, 0.25) is 0 Å². The molecule has 2 heterocycles. The van der Waals surface area contributed by atoms with Crippen LogP contribution < -0.4 is 9.64 Å². The first kappa shape index (κ1) is 23.4. The summed E-state index contributed by atoms with van der Waals surface area (Å²) in [5.74, 6) is -0.210. The highest BCUT2D eigenvalue weighted by molar-refractivity contribution is 5.76. The minimum atomic E-state index is -1.33. The van der Waals surface area contributed by atoms with Crippen molar-refractivity contribution in [2.75, 3.05) is 18.0 Å². The van der Waals surface area contributed by atoms with Crippen molar-refractivity contribution in [3.63, 3.8) is 0 Å². The fourth-order valence-electron chi connectivity index (χ4n) is 4.18. The number of β-amino-alcohol motifs (C(OH)–C–C–N with tert-alkyl or cyclic N) is 1. The van der Waals surface area contributed by atoms with E-state index in [9.17, 15) is 15.0 Å². The van der Waals surface area contributed by atoms with E-state index in [0.29, 0.717) is 18.3 Å². The first-order valence-corrected chi connectivity index (χ1v) is 12.1. The van der Waals surface area contributed by atoms with Gasteiger partial charge in [0.15, 0.2) is 5.60 Å². The molecule has 1 aromatic heterocycles. The van der Waals surface area contributed by atoms with Crippen LogP contribution in [0.15, 0.2) is 54.6 Å². The van der Waals surface area contributed by atoms with Crippen LogP contribution in [0.3, 0.4) is 0 Å². The van der Waals surface area contributed by atoms with Gasteiger partial charge in [0.1, 0.15) is 5.75 Å². The number of ether oxygens (including phenoxy) is 2. The molecule has 1 saturated carbocycles. The summed E-state index contributed by atoms with van der Waals surface area (Å²) < 4.78 is 13.6. The number of benzene rings is 2. The standard InChI is InChI=1S/C27H31N3O5/c1-27(2,26(32)33)34-17-19-15-25(18-6-5-7-22(14-18)35-21-10-11-21)30(28-19)24-9-4-3-8-23(24)29-13-12-20(31)16-29/h3-9,14-15,20-21,31H,10-13,16-17H2,1-2H3,(H,32,33)/t20-/m0/s1. The number of hydrogen-bond donors (Lipinski definition) is 2. The van der Waals surface area contributed by atoms with Crippen molar-refractivity contribution in [1.82, 2.24) is 9.78 Å². The number of anilines is 1. The van der Waals surface area contributed by atoms with E-state index in [-0.39, 0.29) is 12.7 Å². The van der Waals surface area contributed by atoms with Crippen molar-refractivity contribution in [3.05, 3.63) is 60.3 Å². The molecule has 0 spiro atoms. The zero-order chi connectivity index (χ0) is 24.6. The van der Waals surface area contributed by atoms with E-state index in [1.54, 1.807) is 0 Å². The monoisotopic (exact) mass is 477 g/mol. The Kier molecular flexibility index (Phi) is 6.25. The van der Waals surface area contributed by atoms with Crippen LogP contribution in [0.4, 0.5) is 5.69 Å². The van der Waals surface area contributed by atoms with Gasteiger partial charge in [0.25, 0.3) is 0 Å². The SMILES string of the molecule is CC(C)(OCc1cc(-c2cccc(OC3CC3)c2)n(-c2ccccc2N2CC[C@H](O)C2)n1)C(=O)O. The first-order chi connectivity index (χ1) is 16.8. The molecule has 8 heteroatoms. The predicted octanol–water partition coefficient (Wildman–Crippen LogP) is 4.03. The highest BCUT2D eigenvalue weighted by atomic mass is 16.5. The summed E-state index contributed by atoms with van der Waals surface area (Å²) in [6, 6.07) is 17.9. The molecular formula is C27H31N3O5. The Morgan fingerprint density at radius 3 is 2.54 bits per heavy atom. The fraction of sp³-hybridized carbons (Fsp3) is 0.407. The number of aliphatic hydroxyl groups is 1. The van der Waals surface area contributed by atoms with Crippen LogP contribution in [-0.2, 0) is 16.1 Å². The van der Waals surface area contributed by atoms with Gasteiger partial charge in [0, 0.05) is 18.7 Å². The van der Waals surface area contributed by atoms with Crippen molar-refractivity contribution in [1.29, 1.82) is 0 Å². The van der Waals surface area contributed by atoms with Gasteiger partial charge < -0.3 is 24.6 Å². The summed E-state index contributed by atoms with van der Waals surface area (Å²) in [5.41, 5.74) is 2.96. The molecule has 0 bridgehead atoms. The summed E-state index contributed by atoms with van der Waals surface area (Å²) in [6.07, 6.45) is 2.83. The molecule has 5 rings (SSSR count). The molecular weight excluding hydrogens is 446 g/mol. The van der Waals surface area contributed by atoms with Gasteiger partial charge in [-0.3, -0.25) is 0 Å². The van der Waals surface area contributed by atoms with Gasteiger partial charge in [0.05, 0.1) is 41.6 Å². The van der Waals surface area contributed by atoms with Crippen LogP contribution in [0.5, 0.6) is 5.75 Å². The average molecular weight is 478 g/mol. The number of carboxylic acid groups (broad SMARTS) is 1. The zero-order valence-corrected chi connectivity index (χ0v) is 20.1. The van der Waals surface area contributed by atoms with Crippen LogP contribution in [0, 0.1) is 0 Å². The topological polar surface area (TPSA) is 97.0 Å². The summed E-state index contributed by atoms with van der Waals surface area (Å²) in [4.78, 5) is 13.7. The largest absolute Gasteiger partial charge is 0.490 e. The van der Waals surface area contributed by atoms with E-state index < -0.39 is 11.6 Å². The van der Waals surface area contributed by atoms with E-state index in [1.807, 2.05) is 59.3 Å². The Balaban J connectivity index is 1.55. The van der Waals surface area contributed by atoms with Crippen molar-refractivity contribution >= 4 is 11.7 Å². The summed E-state index contributed by atoms with van der Waals surface area (Å²) in [7, 11) is 0. The highest BCUT2D eigenvalue weighted by Crippen LogP contribution is 2.34. The minimum Gasteiger partial charge on any atom is -0.490 e. The van der Waals surface area contributed by atoms with Crippen molar-refractivity contribution in [2.45, 2.75) is 57.5 Å². The first-order valence-electron chi connectivity index (χ1n) is 12.1. The molecule has 1 atom stereocenters. The maximum absolute atomic E-state index is 11.5. The molecule has 1 aliphatic carbocycles. The fourth-order valence-corrected chi connectivity index (χ4v) is 4.18. The number of para-hydroxylation sites is 2. The lowest BCUT2D eigenvalue weighted by Crippen LogP contribution is -2.34. The normalized spacial score (nSPS) is 18.1. The summed E-state index contributed by atoms with van der Waals surface area (Å²) >= 11 is 0. The molecule has 2 N–H and O–H groups in total. The van der Waals surface area contributed by atoms with Crippen LogP contribution >= 0.6 is 0 Å². The molecule has 0 radical (unpaired) electrons. The van der Waals surface area contributed by atoms with Crippen molar-refractivity contribution < 1.29 is 24.5 Å². The van der Waals surface area contributed by atoms with E-state index >= 15 is 0 Å². The molecule has 3 aromatic rings. The number of aliphatic carboxylic acids is 1. The predicted molar refractivity (Wildman–Crippen MR) is 132 cm³/mol. The van der Waals surface area contributed by atoms with Crippen molar-refractivity contribution in [2.24, 2.45) is 0 Å². The molecule has 1 aliphatic heterocycles. The average Bonchev–Trinajstić information content (AvgIpc) is 3.38. The third-order valence-electron chi connectivity index (χ3n) is 6.43. The minimum absolute atomic E-state index is 0.0577. The zero-order valence-electron chi connectivity index (χ0n) is 20.1. The second-order valence-corrected chi connectivity index (χ2v) is 9.76. The molecule has 2 aromatic carbocycles. The van der Waals surface area contributed by atoms with Gasteiger partial charge in [-0.2, -0.15) is 5.10 Å². The maximum Gasteiger partial charge on any atom is 0.335 e. The lowest BCUT2D eigenvalue weighted by atomic mass is 10.1. The smallest absolute Gasteiger partial charge is 0.335 e. The number of rotatable bonds is 9. The number of nitrogens with zero attached hydrogens (tertiary/aromatic N) is 3. The third kappa shape index (κ3) is 5.18. The van der Waals surface area contributed by atoms with Crippen molar-refractivity contribution in [3.8, 4) is 22.7 Å². The molecule has 1 saturated heterocycles.